The number of hydrogen-bond acceptors (Lipinski definition) is 2. The highest BCUT2D eigenvalue weighted by molar-refractivity contribution is 6.31. The van der Waals surface area contributed by atoms with Gasteiger partial charge in [0, 0.05) is 17.7 Å². The average Bonchev–Trinajstić information content (AvgIpc) is 2.48. The van der Waals surface area contributed by atoms with Gasteiger partial charge in [-0.1, -0.05) is 24.6 Å². The Morgan fingerprint density at radius 1 is 1.24 bits per heavy atom. The van der Waals surface area contributed by atoms with Gasteiger partial charge in [-0.15, -0.1) is 0 Å². The molecule has 0 fully saturated rings. The molecular formula is C16H15ClFNO2. The number of ether oxygens (including phenoxy) is 1. The zero-order valence-corrected chi connectivity index (χ0v) is 12.3. The molecule has 0 aliphatic rings. The van der Waals surface area contributed by atoms with Crippen molar-refractivity contribution < 1.29 is 13.9 Å². The summed E-state index contributed by atoms with van der Waals surface area (Å²) in [6.45, 7) is 1.83. The second kappa shape index (κ2) is 7.09. The summed E-state index contributed by atoms with van der Waals surface area (Å²) in [6.07, 6.45) is 0.421. The molecule has 1 amide bonds. The average molecular weight is 308 g/mol. The van der Waals surface area contributed by atoms with Gasteiger partial charge in [0.1, 0.15) is 18.2 Å². The molecule has 110 valence electrons. The Bertz CT molecular complexity index is 608. The highest BCUT2D eigenvalue weighted by Gasteiger charge is 2.07. The summed E-state index contributed by atoms with van der Waals surface area (Å²) >= 11 is 5.93. The second-order valence-corrected chi connectivity index (χ2v) is 4.82. The van der Waals surface area contributed by atoms with Crippen molar-refractivity contribution in [3.63, 3.8) is 0 Å². The minimum atomic E-state index is -0.394. The first-order chi connectivity index (χ1) is 10.1. The van der Waals surface area contributed by atoms with Gasteiger partial charge in [0.2, 0.25) is 5.91 Å². The normalized spacial score (nSPS) is 10.2. The third kappa shape index (κ3) is 4.20. The molecule has 0 saturated carbocycles. The first kappa shape index (κ1) is 15.3. The number of carbonyl (C=O) groups excluding carboxylic acids is 1. The Kier molecular flexibility index (Phi) is 5.17. The molecule has 3 nitrogen and oxygen atoms in total. The molecule has 0 bridgehead atoms. The van der Waals surface area contributed by atoms with Crippen LogP contribution in [0.3, 0.4) is 0 Å². The van der Waals surface area contributed by atoms with Gasteiger partial charge in [-0.2, -0.15) is 0 Å². The zero-order chi connectivity index (χ0) is 15.2. The van der Waals surface area contributed by atoms with Crippen LogP contribution in [0.15, 0.2) is 42.5 Å². The maximum absolute atomic E-state index is 13.6. The van der Waals surface area contributed by atoms with Crippen molar-refractivity contribution in [2.75, 3.05) is 5.32 Å². The summed E-state index contributed by atoms with van der Waals surface area (Å²) in [6, 6.07) is 11.4. The molecule has 0 atom stereocenters. The van der Waals surface area contributed by atoms with Crippen LogP contribution in [-0.2, 0) is 11.4 Å². The van der Waals surface area contributed by atoms with Gasteiger partial charge < -0.3 is 10.1 Å². The summed E-state index contributed by atoms with van der Waals surface area (Å²) in [5.74, 6) is 0.125. The summed E-state index contributed by atoms with van der Waals surface area (Å²) in [4.78, 5) is 11.3. The van der Waals surface area contributed by atoms with Crippen LogP contribution in [-0.4, -0.2) is 5.91 Å². The standard InChI is InChI=1S/C16H15ClFNO2/c1-2-16(20)19-11-6-8-12(9-7-11)21-10-13-14(17)4-3-5-15(13)18/h3-9H,2,10H2,1H3,(H,19,20). The van der Waals surface area contributed by atoms with E-state index < -0.39 is 5.82 Å². The molecule has 0 heterocycles. The molecule has 2 rings (SSSR count). The van der Waals surface area contributed by atoms with Crippen LogP contribution < -0.4 is 10.1 Å². The monoisotopic (exact) mass is 307 g/mol. The van der Waals surface area contributed by atoms with E-state index in [2.05, 4.69) is 5.32 Å². The fourth-order valence-electron chi connectivity index (χ4n) is 1.71. The summed E-state index contributed by atoms with van der Waals surface area (Å²) in [7, 11) is 0. The Morgan fingerprint density at radius 3 is 2.57 bits per heavy atom. The first-order valence-electron chi connectivity index (χ1n) is 6.55. The Hall–Kier alpha value is -2.07. The van der Waals surface area contributed by atoms with Crippen molar-refractivity contribution in [3.8, 4) is 5.75 Å². The molecule has 2 aromatic rings. The van der Waals surface area contributed by atoms with Crippen molar-refractivity contribution >= 4 is 23.2 Å². The van der Waals surface area contributed by atoms with Crippen molar-refractivity contribution in [2.45, 2.75) is 20.0 Å². The van der Waals surface area contributed by atoms with Crippen LogP contribution in [0.25, 0.3) is 0 Å². The third-order valence-corrected chi connectivity index (χ3v) is 3.26. The quantitative estimate of drug-likeness (QED) is 0.888. The van der Waals surface area contributed by atoms with Gasteiger partial charge in [-0.05, 0) is 36.4 Å². The number of halogens is 2. The molecule has 0 spiro atoms. The molecule has 0 aliphatic heterocycles. The Balaban J connectivity index is 1.99. The molecule has 0 saturated heterocycles. The van der Waals surface area contributed by atoms with E-state index in [0.717, 1.165) is 0 Å². The summed E-state index contributed by atoms with van der Waals surface area (Å²) in [5.41, 5.74) is 1.01. The topological polar surface area (TPSA) is 38.3 Å². The van der Waals surface area contributed by atoms with Gasteiger partial charge in [0.25, 0.3) is 0 Å². The minimum Gasteiger partial charge on any atom is -0.489 e. The molecule has 21 heavy (non-hydrogen) atoms. The van der Waals surface area contributed by atoms with Gasteiger partial charge in [-0.25, -0.2) is 4.39 Å². The van der Waals surface area contributed by atoms with Crippen LogP contribution >= 0.6 is 11.6 Å². The van der Waals surface area contributed by atoms with Gasteiger partial charge in [0.15, 0.2) is 0 Å². The number of carbonyl (C=O) groups is 1. The van der Waals surface area contributed by atoms with E-state index in [-0.39, 0.29) is 12.5 Å². The van der Waals surface area contributed by atoms with Crippen LogP contribution in [0.1, 0.15) is 18.9 Å². The molecule has 5 heteroatoms. The molecule has 0 unspecified atom stereocenters. The molecule has 2 aromatic carbocycles. The van der Waals surface area contributed by atoms with E-state index in [1.54, 1.807) is 43.3 Å². The van der Waals surface area contributed by atoms with E-state index in [9.17, 15) is 9.18 Å². The van der Waals surface area contributed by atoms with E-state index in [1.807, 2.05) is 0 Å². The van der Waals surface area contributed by atoms with Crippen molar-refractivity contribution in [1.82, 2.24) is 0 Å². The Labute approximate surface area is 127 Å². The fourth-order valence-corrected chi connectivity index (χ4v) is 1.93. The van der Waals surface area contributed by atoms with E-state index in [0.29, 0.717) is 28.4 Å². The molecule has 0 aromatic heterocycles. The van der Waals surface area contributed by atoms with Crippen molar-refractivity contribution in [1.29, 1.82) is 0 Å². The van der Waals surface area contributed by atoms with Gasteiger partial charge in [0.05, 0.1) is 5.02 Å². The van der Waals surface area contributed by atoms with Crippen LogP contribution in [0.5, 0.6) is 5.75 Å². The molecule has 1 N–H and O–H groups in total. The van der Waals surface area contributed by atoms with Crippen LogP contribution in [0.4, 0.5) is 10.1 Å². The lowest BCUT2D eigenvalue weighted by atomic mass is 10.2. The second-order valence-electron chi connectivity index (χ2n) is 4.41. The van der Waals surface area contributed by atoms with Crippen LogP contribution in [0, 0.1) is 5.82 Å². The SMILES string of the molecule is CCC(=O)Nc1ccc(OCc2c(F)cccc2Cl)cc1. The first-order valence-corrected chi connectivity index (χ1v) is 6.93. The van der Waals surface area contributed by atoms with Crippen molar-refractivity contribution in [2.24, 2.45) is 0 Å². The Morgan fingerprint density at radius 2 is 1.95 bits per heavy atom. The van der Waals surface area contributed by atoms with E-state index >= 15 is 0 Å². The molecule has 0 radical (unpaired) electrons. The number of hydrogen-bond donors (Lipinski definition) is 1. The lowest BCUT2D eigenvalue weighted by molar-refractivity contribution is -0.115. The minimum absolute atomic E-state index is 0.0478. The van der Waals surface area contributed by atoms with Crippen molar-refractivity contribution in [3.05, 3.63) is 58.9 Å². The number of benzene rings is 2. The highest BCUT2D eigenvalue weighted by atomic mass is 35.5. The predicted octanol–water partition coefficient (Wildman–Crippen LogP) is 4.41. The lowest BCUT2D eigenvalue weighted by Crippen LogP contribution is -2.09. The number of anilines is 1. The molecule has 0 aliphatic carbocycles. The maximum atomic E-state index is 13.6. The van der Waals surface area contributed by atoms with Gasteiger partial charge >= 0.3 is 0 Å². The number of rotatable bonds is 5. The maximum Gasteiger partial charge on any atom is 0.224 e. The van der Waals surface area contributed by atoms with E-state index in [4.69, 9.17) is 16.3 Å². The largest absolute Gasteiger partial charge is 0.489 e. The highest BCUT2D eigenvalue weighted by Crippen LogP contribution is 2.22. The summed E-state index contributed by atoms with van der Waals surface area (Å²) in [5, 5.41) is 3.07. The van der Waals surface area contributed by atoms with E-state index in [1.165, 1.54) is 6.07 Å². The predicted molar refractivity (Wildman–Crippen MR) is 81.1 cm³/mol. The fraction of sp³-hybridized carbons (Fsp3) is 0.188. The van der Waals surface area contributed by atoms with Crippen LogP contribution in [0.2, 0.25) is 5.02 Å². The summed E-state index contributed by atoms with van der Waals surface area (Å²) < 4.78 is 19.1. The number of amides is 1. The van der Waals surface area contributed by atoms with Gasteiger partial charge in [-0.3, -0.25) is 4.79 Å². The molecular weight excluding hydrogens is 293 g/mol. The smallest absolute Gasteiger partial charge is 0.224 e. The zero-order valence-electron chi connectivity index (χ0n) is 11.5. The third-order valence-electron chi connectivity index (χ3n) is 2.90. The number of nitrogens with one attached hydrogen (secondary N) is 1. The lowest BCUT2D eigenvalue weighted by Gasteiger charge is -2.09.